The van der Waals surface area contributed by atoms with Gasteiger partial charge < -0.3 is 19.5 Å². The van der Waals surface area contributed by atoms with Crippen LogP contribution in [0.2, 0.25) is 0 Å². The Morgan fingerprint density at radius 2 is 1.70 bits per heavy atom. The van der Waals surface area contributed by atoms with E-state index in [1.54, 1.807) is 18.7 Å². The first-order valence-electron chi connectivity index (χ1n) is 10.3. The lowest BCUT2D eigenvalue weighted by Gasteiger charge is -2.29. The number of carbonyl (C=O) groups excluding carboxylic acids is 3. The van der Waals surface area contributed by atoms with Crippen molar-refractivity contribution >= 4 is 24.3 Å². The Kier molecular flexibility index (Phi) is 8.83. The number of carbonyl (C=O) groups is 4. The molecule has 2 amide bonds. The minimum atomic E-state index is -0.741. The molecule has 2 aliphatic heterocycles. The zero-order valence-electron chi connectivity index (χ0n) is 17.5. The van der Waals surface area contributed by atoms with Gasteiger partial charge in [0.05, 0.1) is 12.0 Å². The normalized spacial score (nSPS) is 20.5. The third kappa shape index (κ3) is 6.30. The maximum Gasteiger partial charge on any atom is 0.410 e. The second-order valence-corrected chi connectivity index (χ2v) is 7.76. The van der Waals surface area contributed by atoms with Crippen LogP contribution in [0.1, 0.15) is 45.1 Å². The van der Waals surface area contributed by atoms with E-state index in [-0.39, 0.29) is 24.5 Å². The van der Waals surface area contributed by atoms with Gasteiger partial charge in [0.15, 0.2) is 0 Å². The molecule has 2 heterocycles. The standard InChI is InChI=1S/C18H22N2O4.C4H8O2/c21-12-15-8-4-10-19(15)17(22)16-9-5-11-20(16)18(23)24-13-14-6-2-1-3-7-14;1-3(2)4(5)6/h1-3,6-7,12,15-16H,4-5,8-11,13H2;3H,1-2H3,(H,5,6)/t15-,16-;/m0./s1. The van der Waals surface area contributed by atoms with Crippen LogP contribution in [0.4, 0.5) is 4.79 Å². The van der Waals surface area contributed by atoms with Crippen molar-refractivity contribution in [1.82, 2.24) is 9.80 Å². The lowest BCUT2D eigenvalue weighted by molar-refractivity contribution is -0.140. The van der Waals surface area contributed by atoms with Gasteiger partial charge in [0.1, 0.15) is 18.9 Å². The molecule has 30 heavy (non-hydrogen) atoms. The number of aliphatic carboxylic acids is 1. The van der Waals surface area contributed by atoms with E-state index in [1.807, 2.05) is 30.3 Å². The van der Waals surface area contributed by atoms with Crippen LogP contribution in [0.5, 0.6) is 0 Å². The molecular formula is C22H30N2O6. The second-order valence-electron chi connectivity index (χ2n) is 7.76. The van der Waals surface area contributed by atoms with Gasteiger partial charge in [0.25, 0.3) is 0 Å². The fourth-order valence-corrected chi connectivity index (χ4v) is 3.44. The van der Waals surface area contributed by atoms with Crippen molar-refractivity contribution in [2.45, 2.75) is 58.2 Å². The van der Waals surface area contributed by atoms with Gasteiger partial charge in [0, 0.05) is 13.1 Å². The van der Waals surface area contributed by atoms with Crippen LogP contribution in [-0.4, -0.2) is 64.3 Å². The first kappa shape index (κ1) is 23.4. The number of hydrogen-bond acceptors (Lipinski definition) is 5. The molecule has 0 aromatic heterocycles. The van der Waals surface area contributed by atoms with Gasteiger partial charge in [-0.3, -0.25) is 14.5 Å². The maximum absolute atomic E-state index is 12.7. The molecule has 0 unspecified atom stereocenters. The summed E-state index contributed by atoms with van der Waals surface area (Å²) < 4.78 is 5.35. The number of ether oxygens (including phenoxy) is 1. The highest BCUT2D eigenvalue weighted by Crippen LogP contribution is 2.24. The fourth-order valence-electron chi connectivity index (χ4n) is 3.44. The Balaban J connectivity index is 0.000000469. The Hall–Kier alpha value is -2.90. The topological polar surface area (TPSA) is 104 Å². The first-order chi connectivity index (χ1) is 14.3. The number of likely N-dealkylation sites (tertiary alicyclic amines) is 2. The highest BCUT2D eigenvalue weighted by Gasteiger charge is 2.40. The molecule has 2 saturated heterocycles. The zero-order valence-corrected chi connectivity index (χ0v) is 17.5. The molecule has 2 aliphatic rings. The van der Waals surface area contributed by atoms with Gasteiger partial charge in [-0.25, -0.2) is 4.79 Å². The van der Waals surface area contributed by atoms with E-state index in [9.17, 15) is 19.2 Å². The largest absolute Gasteiger partial charge is 0.481 e. The number of rotatable bonds is 5. The molecule has 1 N–H and O–H groups in total. The quantitative estimate of drug-likeness (QED) is 0.738. The first-order valence-corrected chi connectivity index (χ1v) is 10.3. The minimum absolute atomic E-state index is 0.126. The minimum Gasteiger partial charge on any atom is -0.481 e. The predicted molar refractivity (Wildman–Crippen MR) is 110 cm³/mol. The van der Waals surface area contributed by atoms with Crippen molar-refractivity contribution in [3.8, 4) is 0 Å². The van der Waals surface area contributed by atoms with E-state index in [0.29, 0.717) is 25.9 Å². The third-order valence-electron chi connectivity index (χ3n) is 5.21. The predicted octanol–water partition coefficient (Wildman–Crippen LogP) is 2.70. The molecule has 1 aromatic carbocycles. The lowest BCUT2D eigenvalue weighted by Crippen LogP contribution is -2.49. The summed E-state index contributed by atoms with van der Waals surface area (Å²) in [6.07, 6.45) is 3.31. The number of nitrogens with zero attached hydrogens (tertiary/aromatic N) is 2. The summed E-state index contributed by atoms with van der Waals surface area (Å²) in [5, 5.41) is 7.99. The van der Waals surface area contributed by atoms with Crippen molar-refractivity contribution < 1.29 is 29.0 Å². The molecular weight excluding hydrogens is 388 g/mol. The lowest BCUT2D eigenvalue weighted by atomic mass is 10.1. The number of carboxylic acid groups (broad SMARTS) is 1. The van der Waals surface area contributed by atoms with Gasteiger partial charge in [-0.1, -0.05) is 44.2 Å². The summed E-state index contributed by atoms with van der Waals surface area (Å²) in [7, 11) is 0. The van der Waals surface area contributed by atoms with Crippen LogP contribution >= 0.6 is 0 Å². The summed E-state index contributed by atoms with van der Waals surface area (Å²) >= 11 is 0. The molecule has 0 bridgehead atoms. The fraction of sp³-hybridized carbons (Fsp3) is 0.545. The second kappa shape index (κ2) is 11.3. The summed E-state index contributed by atoms with van der Waals surface area (Å²) in [6, 6.07) is 8.60. The number of aldehydes is 1. The number of benzene rings is 1. The zero-order chi connectivity index (χ0) is 22.1. The summed E-state index contributed by atoms with van der Waals surface area (Å²) in [5.74, 6) is -1.10. The Bertz CT molecular complexity index is 736. The van der Waals surface area contributed by atoms with Gasteiger partial charge in [-0.2, -0.15) is 0 Å². The van der Waals surface area contributed by atoms with E-state index in [2.05, 4.69) is 0 Å². The monoisotopic (exact) mass is 418 g/mol. The van der Waals surface area contributed by atoms with Crippen molar-refractivity contribution in [2.24, 2.45) is 5.92 Å². The summed E-state index contributed by atoms with van der Waals surface area (Å²) in [5.41, 5.74) is 0.911. The van der Waals surface area contributed by atoms with Crippen LogP contribution < -0.4 is 0 Å². The Morgan fingerprint density at radius 1 is 1.10 bits per heavy atom. The molecule has 1 aromatic rings. The summed E-state index contributed by atoms with van der Waals surface area (Å²) in [6.45, 7) is 4.58. The van der Waals surface area contributed by atoms with Crippen molar-refractivity contribution in [3.05, 3.63) is 35.9 Å². The molecule has 8 heteroatoms. The molecule has 2 fully saturated rings. The highest BCUT2D eigenvalue weighted by molar-refractivity contribution is 5.88. The maximum atomic E-state index is 12.7. The van der Waals surface area contributed by atoms with Gasteiger partial charge >= 0.3 is 12.1 Å². The Morgan fingerprint density at radius 3 is 2.30 bits per heavy atom. The van der Waals surface area contributed by atoms with Crippen LogP contribution in [-0.2, 0) is 25.7 Å². The molecule has 0 aliphatic carbocycles. The Labute approximate surface area is 176 Å². The number of hydrogen-bond donors (Lipinski definition) is 1. The van der Waals surface area contributed by atoms with Crippen LogP contribution in [0.3, 0.4) is 0 Å². The van der Waals surface area contributed by atoms with Crippen LogP contribution in [0.25, 0.3) is 0 Å². The molecule has 8 nitrogen and oxygen atoms in total. The highest BCUT2D eigenvalue weighted by atomic mass is 16.6. The van der Waals surface area contributed by atoms with Crippen molar-refractivity contribution in [2.75, 3.05) is 13.1 Å². The van der Waals surface area contributed by atoms with E-state index >= 15 is 0 Å². The number of carboxylic acids is 1. The average molecular weight is 418 g/mol. The third-order valence-corrected chi connectivity index (χ3v) is 5.21. The molecule has 164 valence electrons. The van der Waals surface area contributed by atoms with Crippen LogP contribution in [0.15, 0.2) is 30.3 Å². The molecule has 0 radical (unpaired) electrons. The molecule has 3 rings (SSSR count). The van der Waals surface area contributed by atoms with E-state index in [0.717, 1.165) is 24.7 Å². The van der Waals surface area contributed by atoms with Gasteiger partial charge in [-0.05, 0) is 31.2 Å². The molecule has 0 spiro atoms. The molecule has 0 saturated carbocycles. The van der Waals surface area contributed by atoms with E-state index < -0.39 is 18.1 Å². The van der Waals surface area contributed by atoms with Crippen molar-refractivity contribution in [3.63, 3.8) is 0 Å². The van der Waals surface area contributed by atoms with E-state index in [1.165, 1.54) is 4.90 Å². The van der Waals surface area contributed by atoms with Crippen LogP contribution in [0, 0.1) is 5.92 Å². The smallest absolute Gasteiger partial charge is 0.410 e. The molecule has 2 atom stereocenters. The SMILES string of the molecule is CC(C)C(=O)O.O=C[C@@H]1CCCN1C(=O)[C@@H]1CCCN1C(=O)OCc1ccccc1. The van der Waals surface area contributed by atoms with E-state index in [4.69, 9.17) is 9.84 Å². The van der Waals surface area contributed by atoms with Crippen molar-refractivity contribution in [1.29, 1.82) is 0 Å². The summed E-state index contributed by atoms with van der Waals surface area (Å²) in [4.78, 5) is 49.0. The van der Waals surface area contributed by atoms with Gasteiger partial charge in [-0.15, -0.1) is 0 Å². The average Bonchev–Trinajstić information content (AvgIpc) is 3.42. The number of amides is 2. The van der Waals surface area contributed by atoms with Gasteiger partial charge in [0.2, 0.25) is 5.91 Å².